The molecule has 0 aromatic heterocycles. The van der Waals surface area contributed by atoms with E-state index in [1.54, 1.807) is 18.2 Å². The summed E-state index contributed by atoms with van der Waals surface area (Å²) in [7, 11) is -5.75. The first-order valence-corrected chi connectivity index (χ1v) is 10.6. The van der Waals surface area contributed by atoms with Crippen LogP contribution in [0.15, 0.2) is 36.4 Å². The molecular weight excluding hydrogens is 434 g/mol. The molecule has 156 valence electrons. The fraction of sp³-hybridized carbons (Fsp3) is 0.368. The summed E-state index contributed by atoms with van der Waals surface area (Å²) in [5, 5.41) is 0.00123. The molecule has 1 saturated heterocycles. The Hall–Kier alpha value is -1.84. The summed E-state index contributed by atoms with van der Waals surface area (Å²) in [5.74, 6) is -0.921. The van der Waals surface area contributed by atoms with Crippen LogP contribution in [-0.2, 0) is 22.1 Å². The number of fused-ring (bicyclic) bond motifs is 2. The van der Waals surface area contributed by atoms with Crippen molar-refractivity contribution in [1.82, 2.24) is 4.90 Å². The van der Waals surface area contributed by atoms with Crippen molar-refractivity contribution in [1.29, 1.82) is 0 Å². The highest BCUT2D eigenvalue weighted by Gasteiger charge is 2.49. The van der Waals surface area contributed by atoms with E-state index in [9.17, 15) is 26.0 Å². The number of hydrogen-bond donors (Lipinski definition) is 0. The highest BCUT2D eigenvalue weighted by molar-refractivity contribution is 7.88. The van der Waals surface area contributed by atoms with Crippen LogP contribution >= 0.6 is 11.6 Å². The van der Waals surface area contributed by atoms with Crippen LogP contribution in [0.3, 0.4) is 0 Å². The zero-order valence-electron chi connectivity index (χ0n) is 15.0. The molecule has 3 heterocycles. The van der Waals surface area contributed by atoms with Crippen LogP contribution in [0.25, 0.3) is 0 Å². The molecule has 0 radical (unpaired) electrons. The summed E-state index contributed by atoms with van der Waals surface area (Å²) in [4.78, 5) is 2.14. The van der Waals surface area contributed by atoms with Gasteiger partial charge in [0.15, 0.2) is 0 Å². The minimum Gasteiger partial charge on any atom is -0.376 e. The lowest BCUT2D eigenvalue weighted by molar-refractivity contribution is -0.0500. The number of benzene rings is 2. The Morgan fingerprint density at radius 1 is 1.07 bits per heavy atom. The van der Waals surface area contributed by atoms with Crippen LogP contribution in [0.5, 0.6) is 5.75 Å². The molecule has 1 fully saturated rings. The molecule has 0 unspecified atom stereocenters. The van der Waals surface area contributed by atoms with Crippen molar-refractivity contribution in [2.75, 3.05) is 13.1 Å². The lowest BCUT2D eigenvalue weighted by Gasteiger charge is -2.39. The number of rotatable bonds is 3. The molecular formula is C19H16ClF4NO3S. The second-order valence-electron chi connectivity index (χ2n) is 7.29. The molecule has 2 aromatic rings. The van der Waals surface area contributed by atoms with Gasteiger partial charge in [-0.3, -0.25) is 4.90 Å². The molecule has 2 aromatic carbocycles. The summed E-state index contributed by atoms with van der Waals surface area (Å²) in [6.45, 7) is 1.93. The Balaban J connectivity index is 1.80. The maximum Gasteiger partial charge on any atom is 0.534 e. The van der Waals surface area contributed by atoms with E-state index in [4.69, 9.17) is 11.6 Å². The van der Waals surface area contributed by atoms with E-state index in [1.807, 2.05) is 0 Å². The van der Waals surface area contributed by atoms with Crippen molar-refractivity contribution < 1.29 is 30.2 Å². The maximum absolute atomic E-state index is 13.7. The molecule has 0 N–H and O–H groups in total. The van der Waals surface area contributed by atoms with Gasteiger partial charge in [0.25, 0.3) is 0 Å². The summed E-state index contributed by atoms with van der Waals surface area (Å²) < 4.78 is 78.6. The van der Waals surface area contributed by atoms with Gasteiger partial charge in [-0.2, -0.15) is 21.6 Å². The number of alkyl halides is 3. The summed E-state index contributed by atoms with van der Waals surface area (Å²) in [5.41, 5.74) is -3.63. The average molecular weight is 450 g/mol. The van der Waals surface area contributed by atoms with Gasteiger partial charge in [0.2, 0.25) is 0 Å². The highest BCUT2D eigenvalue weighted by Crippen LogP contribution is 2.47. The van der Waals surface area contributed by atoms with Gasteiger partial charge in [0, 0.05) is 12.0 Å². The van der Waals surface area contributed by atoms with Gasteiger partial charge in [0.05, 0.1) is 5.02 Å². The third kappa shape index (κ3) is 3.49. The van der Waals surface area contributed by atoms with E-state index < -0.39 is 32.6 Å². The van der Waals surface area contributed by atoms with Crippen molar-refractivity contribution in [2.24, 2.45) is 0 Å². The summed E-state index contributed by atoms with van der Waals surface area (Å²) in [6, 6.07) is 8.72. The number of nitrogens with zero attached hydrogens (tertiary/aromatic N) is 1. The minimum absolute atomic E-state index is 0.00123. The third-order valence-corrected chi connectivity index (χ3v) is 6.93. The second-order valence-corrected chi connectivity index (χ2v) is 9.23. The Morgan fingerprint density at radius 3 is 2.38 bits per heavy atom. The minimum atomic E-state index is -5.75. The van der Waals surface area contributed by atoms with Crippen molar-refractivity contribution >= 4 is 21.7 Å². The molecule has 3 aliphatic heterocycles. The van der Waals surface area contributed by atoms with Crippen molar-refractivity contribution in [3.05, 3.63) is 63.9 Å². The summed E-state index contributed by atoms with van der Waals surface area (Å²) >= 11 is 5.99. The van der Waals surface area contributed by atoms with Crippen LogP contribution in [0.1, 0.15) is 29.5 Å². The van der Waals surface area contributed by atoms with Crippen LogP contribution in [0, 0.1) is 5.82 Å². The normalized spacial score (nSPS) is 24.1. The zero-order chi connectivity index (χ0) is 21.0. The molecule has 2 bridgehead atoms. The lowest BCUT2D eigenvalue weighted by Crippen LogP contribution is -2.39. The molecule has 3 aliphatic rings. The standard InChI is InChI=1S/C19H16ClF4NO3S/c20-16-10-13(1-4-17(16)21)18-5-7-25(8-6-18)11-12-9-14(2-3-15(12)18)28-29(26,27)19(22,23)24/h1-4,9-10H,5-8,11H2. The van der Waals surface area contributed by atoms with Crippen LogP contribution in [0.2, 0.25) is 5.02 Å². The van der Waals surface area contributed by atoms with E-state index in [2.05, 4.69) is 9.08 Å². The predicted octanol–water partition coefficient (Wildman–Crippen LogP) is 4.60. The summed E-state index contributed by atoms with van der Waals surface area (Å²) in [6.07, 6.45) is 1.45. The number of piperidine rings is 1. The molecule has 5 rings (SSSR count). The van der Waals surface area contributed by atoms with E-state index in [-0.39, 0.29) is 5.02 Å². The van der Waals surface area contributed by atoms with E-state index >= 15 is 0 Å². The van der Waals surface area contributed by atoms with Gasteiger partial charge in [-0.25, -0.2) is 4.39 Å². The molecule has 0 aliphatic carbocycles. The lowest BCUT2D eigenvalue weighted by atomic mass is 9.68. The van der Waals surface area contributed by atoms with Crippen LogP contribution in [-0.4, -0.2) is 31.9 Å². The molecule has 0 saturated carbocycles. The maximum atomic E-state index is 13.7. The first-order valence-electron chi connectivity index (χ1n) is 8.84. The quantitative estimate of drug-likeness (QED) is 0.390. The van der Waals surface area contributed by atoms with Gasteiger partial charge in [-0.15, -0.1) is 0 Å². The molecule has 0 amide bonds. The fourth-order valence-corrected chi connectivity index (χ4v) is 4.87. The van der Waals surface area contributed by atoms with Gasteiger partial charge in [0.1, 0.15) is 11.6 Å². The van der Waals surface area contributed by atoms with Gasteiger partial charge in [-0.05, 0) is 66.9 Å². The fourth-order valence-electron chi connectivity index (χ4n) is 4.23. The Bertz CT molecular complexity index is 1060. The Labute approximate surface area is 170 Å². The van der Waals surface area contributed by atoms with E-state index in [0.29, 0.717) is 12.1 Å². The molecule has 0 atom stereocenters. The zero-order valence-corrected chi connectivity index (χ0v) is 16.5. The monoisotopic (exact) mass is 449 g/mol. The highest BCUT2D eigenvalue weighted by atomic mass is 35.5. The largest absolute Gasteiger partial charge is 0.534 e. The second kappa shape index (κ2) is 6.85. The first-order chi connectivity index (χ1) is 13.5. The van der Waals surface area contributed by atoms with Gasteiger partial charge >= 0.3 is 15.6 Å². The SMILES string of the molecule is O=S(=O)(Oc1ccc2c(c1)CN1CCC2(c2ccc(F)c(Cl)c2)CC1)C(F)(F)F. The topological polar surface area (TPSA) is 46.6 Å². The third-order valence-electron chi connectivity index (χ3n) is 5.66. The van der Waals surface area contributed by atoms with E-state index in [0.717, 1.165) is 37.1 Å². The first kappa shape index (κ1) is 20.4. The van der Waals surface area contributed by atoms with Crippen molar-refractivity contribution in [2.45, 2.75) is 30.3 Å². The number of halogens is 5. The Morgan fingerprint density at radius 2 is 1.76 bits per heavy atom. The van der Waals surface area contributed by atoms with Gasteiger partial charge in [-0.1, -0.05) is 23.7 Å². The number of hydrogen-bond acceptors (Lipinski definition) is 4. The van der Waals surface area contributed by atoms with Crippen LogP contribution < -0.4 is 4.18 Å². The average Bonchev–Trinajstić information content (AvgIpc) is 2.89. The van der Waals surface area contributed by atoms with Crippen molar-refractivity contribution in [3.8, 4) is 5.75 Å². The van der Waals surface area contributed by atoms with Crippen LogP contribution in [0.4, 0.5) is 17.6 Å². The molecule has 4 nitrogen and oxygen atoms in total. The Kier molecular flexibility index (Phi) is 4.83. The van der Waals surface area contributed by atoms with E-state index in [1.165, 1.54) is 18.2 Å². The molecule has 10 heteroatoms. The van der Waals surface area contributed by atoms with Crippen molar-refractivity contribution in [3.63, 3.8) is 0 Å². The predicted molar refractivity (Wildman–Crippen MR) is 98.7 cm³/mol. The smallest absolute Gasteiger partial charge is 0.376 e. The van der Waals surface area contributed by atoms with Gasteiger partial charge < -0.3 is 4.18 Å². The molecule has 29 heavy (non-hydrogen) atoms. The molecule has 0 spiro atoms.